The molecule has 0 aromatic heterocycles. The maximum atomic E-state index is 12.8. The number of amides is 4. The van der Waals surface area contributed by atoms with Crippen LogP contribution in [0.3, 0.4) is 0 Å². The lowest BCUT2D eigenvalue weighted by atomic mass is 10.1. The first kappa shape index (κ1) is 29.6. The summed E-state index contributed by atoms with van der Waals surface area (Å²) in [6, 6.07) is 10.7. The minimum absolute atomic E-state index is 0.0496. The lowest BCUT2D eigenvalue weighted by Gasteiger charge is -2.23. The normalized spacial score (nSPS) is 14.3. The molecule has 40 heavy (non-hydrogen) atoms. The van der Waals surface area contributed by atoms with E-state index in [1.807, 2.05) is 0 Å². The molecule has 1 aliphatic heterocycles. The lowest BCUT2D eigenvalue weighted by Crippen LogP contribution is -2.41. The summed E-state index contributed by atoms with van der Waals surface area (Å²) in [6.45, 7) is -0.137. The van der Waals surface area contributed by atoms with Gasteiger partial charge in [-0.1, -0.05) is 24.3 Å². The van der Waals surface area contributed by atoms with Crippen LogP contribution in [-0.2, 0) is 30.5 Å². The van der Waals surface area contributed by atoms with E-state index in [9.17, 15) is 38.7 Å². The van der Waals surface area contributed by atoms with E-state index < -0.39 is 59.8 Å². The first-order chi connectivity index (χ1) is 18.9. The average molecular weight is 570 g/mol. The highest BCUT2D eigenvalue weighted by molar-refractivity contribution is 8.18. The van der Waals surface area contributed by atoms with E-state index in [2.05, 4.69) is 10.6 Å². The zero-order chi connectivity index (χ0) is 29.4. The van der Waals surface area contributed by atoms with Crippen LogP contribution in [0.1, 0.15) is 40.7 Å². The zero-order valence-electron chi connectivity index (χ0n) is 20.7. The van der Waals surface area contributed by atoms with Gasteiger partial charge in [-0.3, -0.25) is 34.1 Å². The molecule has 5 N–H and O–H groups in total. The fraction of sp³-hybridized carbons (Fsp3) is 0.192. The zero-order valence-corrected chi connectivity index (χ0v) is 21.5. The van der Waals surface area contributed by atoms with Crippen molar-refractivity contribution in [2.75, 3.05) is 4.90 Å². The van der Waals surface area contributed by atoms with Crippen LogP contribution in [0.5, 0.6) is 0 Å². The van der Waals surface area contributed by atoms with E-state index in [1.165, 1.54) is 41.3 Å². The highest BCUT2D eigenvalue weighted by Gasteiger charge is 2.25. The van der Waals surface area contributed by atoms with Gasteiger partial charge in [-0.05, 0) is 59.7 Å². The van der Waals surface area contributed by atoms with Crippen LogP contribution >= 0.6 is 11.8 Å². The number of hydrogen-bond acceptors (Lipinski definition) is 8. The third-order valence-corrected chi connectivity index (χ3v) is 6.34. The van der Waals surface area contributed by atoms with Crippen molar-refractivity contribution in [3.63, 3.8) is 0 Å². The number of aliphatic carboxylic acids is 3. The van der Waals surface area contributed by atoms with Crippen LogP contribution in [0.2, 0.25) is 0 Å². The summed E-state index contributed by atoms with van der Waals surface area (Å²) in [5.74, 6) is -6.00. The molecule has 0 spiro atoms. The predicted octanol–water partition coefficient (Wildman–Crippen LogP) is 2.07. The van der Waals surface area contributed by atoms with Gasteiger partial charge >= 0.3 is 17.9 Å². The lowest BCUT2D eigenvalue weighted by molar-refractivity contribution is -0.142. The Morgan fingerprint density at radius 3 is 2.25 bits per heavy atom. The van der Waals surface area contributed by atoms with Crippen molar-refractivity contribution in [2.45, 2.75) is 31.8 Å². The molecule has 2 aromatic carbocycles. The number of nitrogens with one attached hydrogen (secondary N) is 2. The molecule has 3 rings (SSSR count). The van der Waals surface area contributed by atoms with Crippen molar-refractivity contribution < 1.29 is 48.9 Å². The second-order valence-electron chi connectivity index (χ2n) is 8.49. The van der Waals surface area contributed by atoms with Crippen molar-refractivity contribution in [1.29, 1.82) is 0 Å². The summed E-state index contributed by atoms with van der Waals surface area (Å²) in [6.07, 6.45) is -0.103. The Kier molecular flexibility index (Phi) is 9.76. The predicted molar refractivity (Wildman–Crippen MR) is 141 cm³/mol. The molecule has 0 saturated carbocycles. The molecule has 208 valence electrons. The van der Waals surface area contributed by atoms with Gasteiger partial charge in [0.1, 0.15) is 12.5 Å². The van der Waals surface area contributed by atoms with Gasteiger partial charge in [-0.15, -0.1) is 0 Å². The molecule has 1 atom stereocenters. The minimum atomic E-state index is -1.43. The number of hydrogen-bond donors (Lipinski definition) is 5. The van der Waals surface area contributed by atoms with Gasteiger partial charge in [0.05, 0.1) is 11.4 Å². The summed E-state index contributed by atoms with van der Waals surface area (Å²) in [4.78, 5) is 83.5. The minimum Gasteiger partial charge on any atom is -0.481 e. The average Bonchev–Trinajstić information content (AvgIpc) is 3.20. The Morgan fingerprint density at radius 2 is 1.68 bits per heavy atom. The number of anilines is 1. The van der Waals surface area contributed by atoms with E-state index in [0.717, 1.165) is 11.8 Å². The van der Waals surface area contributed by atoms with Crippen molar-refractivity contribution in [3.8, 4) is 0 Å². The molecular formula is C26H23N3O10S. The molecule has 4 amide bonds. The molecule has 13 nitrogen and oxygen atoms in total. The van der Waals surface area contributed by atoms with E-state index in [0.29, 0.717) is 16.8 Å². The Hall–Kier alpha value is -4.98. The van der Waals surface area contributed by atoms with Crippen molar-refractivity contribution in [2.24, 2.45) is 0 Å². The van der Waals surface area contributed by atoms with Crippen LogP contribution in [-0.4, -0.2) is 62.2 Å². The van der Waals surface area contributed by atoms with E-state index in [-0.39, 0.29) is 23.4 Å². The van der Waals surface area contributed by atoms with Crippen LogP contribution in [0.15, 0.2) is 53.4 Å². The van der Waals surface area contributed by atoms with Gasteiger partial charge in [0.25, 0.3) is 17.1 Å². The number of rotatable bonds is 12. The molecular weight excluding hydrogens is 546 g/mol. The summed E-state index contributed by atoms with van der Waals surface area (Å²) in [7, 11) is 0. The molecule has 1 aliphatic rings. The first-order valence-corrected chi connectivity index (χ1v) is 12.5. The molecule has 14 heteroatoms. The molecule has 0 bridgehead atoms. The standard InChI is InChI=1S/C26H23N3O10S/c30-20(12-22(33)34)29(17-6-4-14(5-7-17)11-19-24(36)28-26(39)40-19)13-15-2-1-3-16(10-15)23(35)27-18(25(37)38)8-9-21(31)32/h1-7,10-11,18H,8-9,12-13H2,(H,27,35)(H,31,32)(H,33,34)(H,37,38)(H,28,36,39)/b19-11-/t18-/m1/s1. The Morgan fingerprint density at radius 1 is 0.975 bits per heavy atom. The summed E-state index contributed by atoms with van der Waals surface area (Å²) in [5.41, 5.74) is 1.35. The summed E-state index contributed by atoms with van der Waals surface area (Å²) in [5, 5.41) is 31.2. The molecule has 1 fully saturated rings. The van der Waals surface area contributed by atoms with Gasteiger partial charge in [0.15, 0.2) is 0 Å². The summed E-state index contributed by atoms with van der Waals surface area (Å²) < 4.78 is 0. The van der Waals surface area contributed by atoms with Crippen LogP contribution in [0.25, 0.3) is 6.08 Å². The van der Waals surface area contributed by atoms with E-state index >= 15 is 0 Å². The van der Waals surface area contributed by atoms with Gasteiger partial charge in [-0.25, -0.2) is 4.79 Å². The SMILES string of the molecule is O=C(O)CC[C@@H](NC(=O)c1cccc(CN(C(=O)CC(=O)O)c2ccc(/C=C3\SC(=O)NC3=O)cc2)c1)C(=O)O. The van der Waals surface area contributed by atoms with Gasteiger partial charge in [0.2, 0.25) is 5.91 Å². The number of carboxylic acid groups (broad SMARTS) is 3. The summed E-state index contributed by atoms with van der Waals surface area (Å²) >= 11 is 0.745. The maximum Gasteiger partial charge on any atom is 0.326 e. The number of benzene rings is 2. The molecule has 2 aromatic rings. The molecule has 0 radical (unpaired) electrons. The molecule has 0 unspecified atom stereocenters. The number of carbonyl (C=O) groups is 7. The van der Waals surface area contributed by atoms with Crippen LogP contribution < -0.4 is 15.5 Å². The largest absolute Gasteiger partial charge is 0.481 e. The van der Waals surface area contributed by atoms with Gasteiger partial charge < -0.3 is 25.5 Å². The Balaban J connectivity index is 1.82. The molecule has 1 heterocycles. The van der Waals surface area contributed by atoms with E-state index in [4.69, 9.17) is 10.2 Å². The number of imide groups is 1. The third kappa shape index (κ3) is 8.26. The van der Waals surface area contributed by atoms with Crippen LogP contribution in [0, 0.1) is 0 Å². The van der Waals surface area contributed by atoms with Crippen molar-refractivity contribution >= 4 is 64.4 Å². The monoisotopic (exact) mass is 569 g/mol. The highest BCUT2D eigenvalue weighted by Crippen LogP contribution is 2.27. The Labute approximate surface area is 230 Å². The number of carboxylic acids is 3. The second-order valence-corrected chi connectivity index (χ2v) is 9.51. The third-order valence-electron chi connectivity index (χ3n) is 5.53. The first-order valence-electron chi connectivity index (χ1n) is 11.6. The fourth-order valence-corrected chi connectivity index (χ4v) is 4.31. The number of carbonyl (C=O) groups excluding carboxylic acids is 4. The molecule has 1 saturated heterocycles. The number of nitrogens with zero attached hydrogens (tertiary/aromatic N) is 1. The topological polar surface area (TPSA) is 207 Å². The Bertz CT molecular complexity index is 1400. The van der Waals surface area contributed by atoms with Gasteiger partial charge in [0, 0.05) is 17.7 Å². The van der Waals surface area contributed by atoms with Crippen LogP contribution in [0.4, 0.5) is 10.5 Å². The molecule has 0 aliphatic carbocycles. The highest BCUT2D eigenvalue weighted by atomic mass is 32.2. The van der Waals surface area contributed by atoms with Gasteiger partial charge in [-0.2, -0.15) is 0 Å². The number of thioether (sulfide) groups is 1. The maximum absolute atomic E-state index is 12.8. The van der Waals surface area contributed by atoms with Crippen molar-refractivity contribution in [1.82, 2.24) is 10.6 Å². The second kappa shape index (κ2) is 13.2. The smallest absolute Gasteiger partial charge is 0.326 e. The quantitative estimate of drug-likeness (QED) is 0.185. The van der Waals surface area contributed by atoms with E-state index in [1.54, 1.807) is 18.2 Å². The van der Waals surface area contributed by atoms with Crippen molar-refractivity contribution in [3.05, 3.63) is 70.1 Å². The fourth-order valence-electron chi connectivity index (χ4n) is 3.63.